The van der Waals surface area contributed by atoms with Gasteiger partial charge in [0.25, 0.3) is 5.91 Å². The fraction of sp³-hybridized carbons (Fsp3) is 0.615. The summed E-state index contributed by atoms with van der Waals surface area (Å²) in [6, 6.07) is 3.62. The minimum Gasteiger partial charge on any atom is -0.365 e. The van der Waals surface area contributed by atoms with Crippen LogP contribution in [0.15, 0.2) is 12.1 Å². The van der Waals surface area contributed by atoms with Gasteiger partial charge in [0, 0.05) is 12.6 Å². The van der Waals surface area contributed by atoms with E-state index in [0.717, 1.165) is 6.54 Å². The number of amides is 1. The van der Waals surface area contributed by atoms with Gasteiger partial charge >= 0.3 is 0 Å². The van der Waals surface area contributed by atoms with Crippen molar-refractivity contribution in [3.8, 4) is 0 Å². The van der Waals surface area contributed by atoms with E-state index in [0.29, 0.717) is 11.9 Å². The number of likely N-dealkylation sites (tertiary alicyclic amines) is 1. The van der Waals surface area contributed by atoms with Gasteiger partial charge in [0.2, 0.25) is 0 Å². The number of nitrogens with two attached hydrogens (primary N) is 1. The van der Waals surface area contributed by atoms with Crippen molar-refractivity contribution < 1.29 is 4.79 Å². The molecule has 2 rings (SSSR count). The Hall–Kier alpha value is -1.69. The van der Waals surface area contributed by atoms with Gasteiger partial charge in [-0.05, 0) is 45.0 Å². The van der Waals surface area contributed by atoms with Crippen molar-refractivity contribution >= 4 is 11.7 Å². The van der Waals surface area contributed by atoms with Crippen molar-refractivity contribution in [2.24, 2.45) is 5.73 Å². The van der Waals surface area contributed by atoms with Crippen LogP contribution < -0.4 is 11.1 Å². The number of carbonyl (C=O) groups is 1. The molecule has 1 amide bonds. The third-order valence-electron chi connectivity index (χ3n) is 3.29. The number of carbonyl (C=O) groups excluding carboxylic acids is 1. The second-order valence-corrected chi connectivity index (χ2v) is 5.07. The molecule has 3 N–H and O–H groups in total. The number of hydrogen-bond donors (Lipinski definition) is 2. The molecule has 104 valence electrons. The molecular formula is C13H21N5O. The van der Waals surface area contributed by atoms with E-state index in [2.05, 4.69) is 27.3 Å². The average Bonchev–Trinajstić information content (AvgIpc) is 2.40. The highest BCUT2D eigenvalue weighted by Crippen LogP contribution is 2.10. The lowest BCUT2D eigenvalue weighted by Crippen LogP contribution is -2.38. The maximum absolute atomic E-state index is 10.9. The van der Waals surface area contributed by atoms with Crippen LogP contribution in [0.4, 0.5) is 5.82 Å². The fourth-order valence-electron chi connectivity index (χ4n) is 2.37. The normalized spacial score (nSPS) is 17.9. The van der Waals surface area contributed by atoms with Crippen LogP contribution >= 0.6 is 0 Å². The Bertz CT molecular complexity index is 414. The smallest absolute Gasteiger partial charge is 0.269 e. The summed E-state index contributed by atoms with van der Waals surface area (Å²) in [5, 5.41) is 11.0. The third kappa shape index (κ3) is 4.17. The molecule has 0 spiro atoms. The Morgan fingerprint density at radius 2 is 2.11 bits per heavy atom. The molecule has 1 unspecified atom stereocenters. The molecule has 1 atom stereocenters. The van der Waals surface area contributed by atoms with Crippen LogP contribution in [0.5, 0.6) is 0 Å². The predicted molar refractivity (Wildman–Crippen MR) is 73.9 cm³/mol. The van der Waals surface area contributed by atoms with E-state index in [1.165, 1.54) is 32.4 Å². The molecule has 6 heteroatoms. The number of rotatable bonds is 5. The zero-order chi connectivity index (χ0) is 13.7. The Kier molecular flexibility index (Phi) is 4.68. The molecule has 1 aliphatic heterocycles. The van der Waals surface area contributed by atoms with Crippen molar-refractivity contribution in [3.05, 3.63) is 17.8 Å². The van der Waals surface area contributed by atoms with Crippen LogP contribution in [-0.2, 0) is 0 Å². The molecule has 1 aliphatic rings. The van der Waals surface area contributed by atoms with E-state index >= 15 is 0 Å². The van der Waals surface area contributed by atoms with Crippen LogP contribution in [0, 0.1) is 0 Å². The topological polar surface area (TPSA) is 84.1 Å². The standard InChI is InChI=1S/C13H21N5O/c1-10(9-18-7-3-2-4-8-18)15-12-6-5-11(13(14)19)16-17-12/h5-6,10H,2-4,7-9H2,1H3,(H2,14,19)(H,15,17). The summed E-state index contributed by atoms with van der Waals surface area (Å²) in [6.45, 7) is 5.48. The van der Waals surface area contributed by atoms with Crippen LogP contribution in [0.1, 0.15) is 36.7 Å². The summed E-state index contributed by atoms with van der Waals surface area (Å²) in [5.41, 5.74) is 5.31. The molecule has 0 bridgehead atoms. The maximum atomic E-state index is 10.9. The minimum absolute atomic E-state index is 0.189. The molecule has 0 aliphatic carbocycles. The largest absolute Gasteiger partial charge is 0.365 e. The highest BCUT2D eigenvalue weighted by molar-refractivity contribution is 5.90. The number of piperidine rings is 1. The Morgan fingerprint density at radius 1 is 1.37 bits per heavy atom. The Labute approximate surface area is 113 Å². The molecule has 19 heavy (non-hydrogen) atoms. The number of nitrogens with one attached hydrogen (secondary N) is 1. The van der Waals surface area contributed by atoms with E-state index < -0.39 is 5.91 Å². The highest BCUT2D eigenvalue weighted by atomic mass is 16.1. The van der Waals surface area contributed by atoms with Gasteiger partial charge in [0.1, 0.15) is 5.82 Å². The molecule has 6 nitrogen and oxygen atoms in total. The second kappa shape index (κ2) is 6.47. The molecule has 1 aromatic rings. The van der Waals surface area contributed by atoms with Gasteiger partial charge in [-0.2, -0.15) is 0 Å². The first-order chi connectivity index (χ1) is 9.15. The van der Waals surface area contributed by atoms with E-state index in [9.17, 15) is 4.79 Å². The van der Waals surface area contributed by atoms with Crippen LogP contribution in [0.3, 0.4) is 0 Å². The molecule has 0 saturated carbocycles. The first-order valence-electron chi connectivity index (χ1n) is 6.77. The summed E-state index contributed by atoms with van der Waals surface area (Å²) in [7, 11) is 0. The molecule has 0 aromatic carbocycles. The summed E-state index contributed by atoms with van der Waals surface area (Å²) in [4.78, 5) is 13.4. The Morgan fingerprint density at radius 3 is 2.68 bits per heavy atom. The van der Waals surface area contributed by atoms with Gasteiger partial charge in [0.15, 0.2) is 5.69 Å². The number of aromatic nitrogens is 2. The van der Waals surface area contributed by atoms with Crippen molar-refractivity contribution in [1.82, 2.24) is 15.1 Å². The average molecular weight is 263 g/mol. The van der Waals surface area contributed by atoms with Crippen molar-refractivity contribution in [3.63, 3.8) is 0 Å². The van der Waals surface area contributed by atoms with Crippen LogP contribution in [0.2, 0.25) is 0 Å². The first kappa shape index (κ1) is 13.7. The molecule has 1 fully saturated rings. The zero-order valence-electron chi connectivity index (χ0n) is 11.3. The van der Waals surface area contributed by atoms with Crippen LogP contribution in [-0.4, -0.2) is 46.7 Å². The molecule has 1 saturated heterocycles. The van der Waals surface area contributed by atoms with Gasteiger partial charge < -0.3 is 16.0 Å². The summed E-state index contributed by atoms with van der Waals surface area (Å²) in [5.74, 6) is 0.120. The van der Waals surface area contributed by atoms with Gasteiger partial charge in [-0.25, -0.2) is 0 Å². The summed E-state index contributed by atoms with van der Waals surface area (Å²) >= 11 is 0. The first-order valence-corrected chi connectivity index (χ1v) is 6.77. The van der Waals surface area contributed by atoms with Gasteiger partial charge in [-0.3, -0.25) is 4.79 Å². The van der Waals surface area contributed by atoms with E-state index in [4.69, 9.17) is 5.73 Å². The lowest BCUT2D eigenvalue weighted by Gasteiger charge is -2.29. The SMILES string of the molecule is CC(CN1CCCCC1)Nc1ccc(C(N)=O)nn1. The van der Waals surface area contributed by atoms with Gasteiger partial charge in [-0.1, -0.05) is 6.42 Å². The quantitative estimate of drug-likeness (QED) is 0.823. The van der Waals surface area contributed by atoms with Crippen molar-refractivity contribution in [1.29, 1.82) is 0 Å². The summed E-state index contributed by atoms with van der Waals surface area (Å²) < 4.78 is 0. The van der Waals surface area contributed by atoms with Gasteiger partial charge in [0.05, 0.1) is 0 Å². The fourth-order valence-corrected chi connectivity index (χ4v) is 2.37. The van der Waals surface area contributed by atoms with Crippen molar-refractivity contribution in [2.45, 2.75) is 32.2 Å². The molecule has 0 radical (unpaired) electrons. The molecule has 1 aromatic heterocycles. The van der Waals surface area contributed by atoms with Crippen molar-refractivity contribution in [2.75, 3.05) is 25.0 Å². The summed E-state index contributed by atoms with van der Waals surface area (Å²) in [6.07, 6.45) is 3.93. The zero-order valence-corrected chi connectivity index (χ0v) is 11.3. The van der Waals surface area contributed by atoms with E-state index in [1.807, 2.05) is 0 Å². The van der Waals surface area contributed by atoms with E-state index in [-0.39, 0.29) is 5.69 Å². The monoisotopic (exact) mass is 263 g/mol. The Balaban J connectivity index is 1.83. The molecular weight excluding hydrogens is 242 g/mol. The highest BCUT2D eigenvalue weighted by Gasteiger charge is 2.13. The number of primary amides is 1. The number of hydrogen-bond acceptors (Lipinski definition) is 5. The number of nitrogens with zero attached hydrogens (tertiary/aromatic N) is 3. The lowest BCUT2D eigenvalue weighted by molar-refractivity contribution is 0.0994. The van der Waals surface area contributed by atoms with E-state index in [1.54, 1.807) is 12.1 Å². The predicted octanol–water partition coefficient (Wildman–Crippen LogP) is 0.862. The minimum atomic E-state index is -0.555. The molecule has 2 heterocycles. The third-order valence-corrected chi connectivity index (χ3v) is 3.29. The number of anilines is 1. The lowest BCUT2D eigenvalue weighted by atomic mass is 10.1. The second-order valence-electron chi connectivity index (χ2n) is 5.07. The maximum Gasteiger partial charge on any atom is 0.269 e. The van der Waals surface area contributed by atoms with Crippen LogP contribution in [0.25, 0.3) is 0 Å². The van der Waals surface area contributed by atoms with Gasteiger partial charge in [-0.15, -0.1) is 10.2 Å².